The molecule has 4 heterocycles. The first-order chi connectivity index (χ1) is 19.2. The van der Waals surface area contributed by atoms with Crippen LogP contribution in [0.1, 0.15) is 71.5 Å². The molecule has 214 valence electrons. The van der Waals surface area contributed by atoms with Crippen molar-refractivity contribution in [3.05, 3.63) is 36.3 Å². The number of anilines is 1. The van der Waals surface area contributed by atoms with Gasteiger partial charge in [0.05, 0.1) is 37.3 Å². The number of nitrogens with zero attached hydrogens (tertiary/aromatic N) is 9. The van der Waals surface area contributed by atoms with E-state index in [1.165, 1.54) is 19.3 Å². The third-order valence-corrected chi connectivity index (χ3v) is 7.60. The summed E-state index contributed by atoms with van der Waals surface area (Å²) >= 11 is 0. The van der Waals surface area contributed by atoms with Gasteiger partial charge in [0.2, 0.25) is 0 Å². The Labute approximate surface area is 235 Å². The molecule has 12 heteroatoms. The third kappa shape index (κ3) is 6.48. The number of methoxy groups -OCH3 is 1. The van der Waals surface area contributed by atoms with Gasteiger partial charge in [-0.2, -0.15) is 10.2 Å². The van der Waals surface area contributed by atoms with Gasteiger partial charge in [-0.15, -0.1) is 15.3 Å². The van der Waals surface area contributed by atoms with Crippen LogP contribution in [0.15, 0.2) is 30.6 Å². The van der Waals surface area contributed by atoms with E-state index in [1.807, 2.05) is 50.9 Å². The fraction of sp³-hybridized carbons (Fsp3) is 0.607. The van der Waals surface area contributed by atoms with Gasteiger partial charge in [-0.05, 0) is 71.4 Å². The van der Waals surface area contributed by atoms with Gasteiger partial charge in [-0.3, -0.25) is 0 Å². The van der Waals surface area contributed by atoms with Crippen LogP contribution in [-0.4, -0.2) is 84.8 Å². The summed E-state index contributed by atoms with van der Waals surface area (Å²) in [7, 11) is 1.58. The largest absolute Gasteiger partial charge is 0.495 e. The van der Waals surface area contributed by atoms with Crippen molar-refractivity contribution in [2.45, 2.75) is 77.5 Å². The molecule has 2 fully saturated rings. The van der Waals surface area contributed by atoms with Crippen molar-refractivity contribution in [1.82, 2.24) is 40.3 Å². The van der Waals surface area contributed by atoms with Crippen LogP contribution in [-0.2, 0) is 4.74 Å². The fourth-order valence-corrected chi connectivity index (χ4v) is 5.10. The number of carbonyl (C=O) groups is 1. The Bertz CT molecular complexity index is 1290. The first-order valence-corrected chi connectivity index (χ1v) is 14.1. The van der Waals surface area contributed by atoms with E-state index in [1.54, 1.807) is 24.1 Å². The first kappa shape index (κ1) is 27.7. The second-order valence-electron chi connectivity index (χ2n) is 11.7. The highest BCUT2D eigenvalue weighted by atomic mass is 16.6. The Balaban J connectivity index is 1.26. The lowest BCUT2D eigenvalue weighted by Crippen LogP contribution is -2.53. The SMILES string of the molecule is COc1cnnc(-c2cn(C(C)c3ccc(N4CCC[C@@H](N(CC5CCC5)C(=O)OC(C)(C)C)C4)nn3)nn2)c1. The molecule has 1 aliphatic carbocycles. The van der Waals surface area contributed by atoms with Crippen LogP contribution in [0.5, 0.6) is 5.75 Å². The minimum atomic E-state index is -0.520. The summed E-state index contributed by atoms with van der Waals surface area (Å²) in [6.07, 6.45) is 8.68. The first-order valence-electron chi connectivity index (χ1n) is 14.1. The molecule has 1 aliphatic heterocycles. The van der Waals surface area contributed by atoms with E-state index >= 15 is 0 Å². The number of hydrogen-bond donors (Lipinski definition) is 0. The predicted molar refractivity (Wildman–Crippen MR) is 149 cm³/mol. The van der Waals surface area contributed by atoms with Gasteiger partial charge in [0, 0.05) is 25.7 Å². The molecule has 0 bridgehead atoms. The van der Waals surface area contributed by atoms with E-state index in [-0.39, 0.29) is 18.2 Å². The molecule has 0 aromatic carbocycles. The molecule has 0 spiro atoms. The summed E-state index contributed by atoms with van der Waals surface area (Å²) < 4.78 is 12.8. The van der Waals surface area contributed by atoms with Crippen LogP contribution in [0.2, 0.25) is 0 Å². The van der Waals surface area contributed by atoms with Crippen molar-refractivity contribution in [2.24, 2.45) is 5.92 Å². The lowest BCUT2D eigenvalue weighted by molar-refractivity contribution is 0.00733. The quantitative estimate of drug-likeness (QED) is 0.405. The van der Waals surface area contributed by atoms with Crippen molar-refractivity contribution in [1.29, 1.82) is 0 Å². The van der Waals surface area contributed by atoms with Crippen LogP contribution in [0, 0.1) is 5.92 Å². The Hall–Kier alpha value is -3.83. The van der Waals surface area contributed by atoms with Crippen LogP contribution < -0.4 is 9.64 Å². The number of carbonyl (C=O) groups excluding carboxylic acids is 1. The molecule has 12 nitrogen and oxygen atoms in total. The normalized spacial score (nSPS) is 18.6. The maximum absolute atomic E-state index is 13.2. The standard InChI is InChI=1S/C28H39N9O3/c1-19(37-18-25(32-34-37)24-14-22(39-5)15-29-30-24)23-11-12-26(33-31-23)35-13-7-10-21(17-35)36(16-20-8-6-9-20)27(38)40-28(2,3)4/h11-12,14-15,18-21H,6-10,13,16-17H2,1-5H3/t19?,21-/m1/s1. The molecular formula is C28H39N9O3. The van der Waals surface area contributed by atoms with Crippen molar-refractivity contribution in [2.75, 3.05) is 31.6 Å². The fourth-order valence-electron chi connectivity index (χ4n) is 5.10. The highest BCUT2D eigenvalue weighted by molar-refractivity contribution is 5.69. The molecule has 1 unspecified atom stereocenters. The average molecular weight is 550 g/mol. The second kappa shape index (κ2) is 11.7. The monoisotopic (exact) mass is 549 g/mol. The molecule has 5 rings (SSSR count). The molecule has 2 atom stereocenters. The summed E-state index contributed by atoms with van der Waals surface area (Å²) in [4.78, 5) is 17.4. The van der Waals surface area contributed by atoms with Gasteiger partial charge < -0.3 is 19.3 Å². The van der Waals surface area contributed by atoms with Gasteiger partial charge in [-0.25, -0.2) is 9.48 Å². The predicted octanol–water partition coefficient (Wildman–Crippen LogP) is 4.15. The van der Waals surface area contributed by atoms with Crippen LogP contribution in [0.25, 0.3) is 11.4 Å². The minimum absolute atomic E-state index is 0.0814. The maximum Gasteiger partial charge on any atom is 0.410 e. The van der Waals surface area contributed by atoms with E-state index < -0.39 is 5.60 Å². The number of aromatic nitrogens is 7. The Morgan fingerprint density at radius 2 is 1.93 bits per heavy atom. The Morgan fingerprint density at radius 3 is 2.60 bits per heavy atom. The van der Waals surface area contributed by atoms with Crippen LogP contribution >= 0.6 is 0 Å². The molecule has 1 amide bonds. The molecule has 0 N–H and O–H groups in total. The summed E-state index contributed by atoms with van der Waals surface area (Å²) in [5, 5.41) is 25.7. The molecular weight excluding hydrogens is 510 g/mol. The molecule has 0 radical (unpaired) electrons. The number of hydrogen-bond acceptors (Lipinski definition) is 10. The van der Waals surface area contributed by atoms with Gasteiger partial charge in [-0.1, -0.05) is 11.6 Å². The highest BCUT2D eigenvalue weighted by Crippen LogP contribution is 2.31. The van der Waals surface area contributed by atoms with E-state index in [9.17, 15) is 4.79 Å². The summed E-state index contributed by atoms with van der Waals surface area (Å²) in [5.74, 6) is 1.97. The van der Waals surface area contributed by atoms with Gasteiger partial charge in [0.25, 0.3) is 0 Å². The highest BCUT2D eigenvalue weighted by Gasteiger charge is 2.35. The average Bonchev–Trinajstić information content (AvgIpc) is 3.42. The zero-order valence-electron chi connectivity index (χ0n) is 24.0. The van der Waals surface area contributed by atoms with Crippen LogP contribution in [0.4, 0.5) is 10.6 Å². The number of amides is 1. The molecule has 2 aliphatic rings. The van der Waals surface area contributed by atoms with E-state index in [0.717, 1.165) is 37.4 Å². The smallest absolute Gasteiger partial charge is 0.410 e. The molecule has 40 heavy (non-hydrogen) atoms. The van der Waals surface area contributed by atoms with Crippen molar-refractivity contribution in [3.63, 3.8) is 0 Å². The minimum Gasteiger partial charge on any atom is -0.495 e. The Kier molecular flexibility index (Phi) is 8.13. The molecule has 1 saturated carbocycles. The number of rotatable bonds is 8. The van der Waals surface area contributed by atoms with Crippen molar-refractivity contribution >= 4 is 11.9 Å². The zero-order chi connectivity index (χ0) is 28.3. The summed E-state index contributed by atoms with van der Waals surface area (Å²) in [6, 6.07) is 5.64. The van der Waals surface area contributed by atoms with Crippen LogP contribution in [0.3, 0.4) is 0 Å². The number of ether oxygens (including phenoxy) is 2. The van der Waals surface area contributed by atoms with Crippen molar-refractivity contribution < 1.29 is 14.3 Å². The van der Waals surface area contributed by atoms with Gasteiger partial charge in [0.15, 0.2) is 5.82 Å². The third-order valence-electron chi connectivity index (χ3n) is 7.60. The van der Waals surface area contributed by atoms with Gasteiger partial charge in [0.1, 0.15) is 22.7 Å². The lowest BCUT2D eigenvalue weighted by atomic mass is 9.84. The van der Waals surface area contributed by atoms with E-state index in [4.69, 9.17) is 9.47 Å². The van der Waals surface area contributed by atoms with E-state index in [2.05, 4.69) is 35.6 Å². The second-order valence-corrected chi connectivity index (χ2v) is 11.7. The molecule has 3 aromatic rings. The Morgan fingerprint density at radius 1 is 1.10 bits per heavy atom. The van der Waals surface area contributed by atoms with Gasteiger partial charge >= 0.3 is 6.09 Å². The topological polar surface area (TPSA) is 124 Å². The van der Waals surface area contributed by atoms with E-state index in [0.29, 0.717) is 29.6 Å². The van der Waals surface area contributed by atoms with Crippen molar-refractivity contribution in [3.8, 4) is 17.1 Å². The molecule has 3 aromatic heterocycles. The molecule has 1 saturated heterocycles. The number of piperidine rings is 1. The summed E-state index contributed by atoms with van der Waals surface area (Å²) in [5.41, 5.74) is 1.43. The maximum atomic E-state index is 13.2. The zero-order valence-corrected chi connectivity index (χ0v) is 24.0. The lowest BCUT2D eigenvalue weighted by Gasteiger charge is -2.42. The summed E-state index contributed by atoms with van der Waals surface area (Å²) in [6.45, 7) is 10.1.